The Morgan fingerprint density at radius 1 is 0.718 bits per heavy atom. The Balaban J connectivity index is 0.968. The highest BCUT2D eigenvalue weighted by molar-refractivity contribution is 7.13. The van der Waals surface area contributed by atoms with Crippen molar-refractivity contribution in [1.82, 2.24) is 40.7 Å². The summed E-state index contributed by atoms with van der Waals surface area (Å²) in [6.45, 7) is 20.0. The van der Waals surface area contributed by atoms with Gasteiger partial charge in [0.2, 0.25) is 23.6 Å². The number of aryl methyl sites for hydroxylation is 2. The Morgan fingerprint density at radius 2 is 1.18 bits per heavy atom. The van der Waals surface area contributed by atoms with Gasteiger partial charge in [0.25, 0.3) is 0 Å². The van der Waals surface area contributed by atoms with Gasteiger partial charge in [-0.25, -0.2) is 14.4 Å². The third-order valence-corrected chi connectivity index (χ3v) is 17.0. The first kappa shape index (κ1) is 58.0. The van der Waals surface area contributed by atoms with Crippen molar-refractivity contribution in [1.29, 1.82) is 0 Å². The minimum Gasteiger partial charge on any atom is -0.394 e. The number of nitrogens with one attached hydrogen (secondary N) is 2. The average molecular weight is 1110 g/mol. The van der Waals surface area contributed by atoms with Crippen LogP contribution in [0.3, 0.4) is 0 Å². The van der Waals surface area contributed by atoms with Gasteiger partial charge in [0.05, 0.1) is 81.1 Å². The number of aliphatic hydroxyl groups excluding tert-OH is 2. The van der Waals surface area contributed by atoms with Crippen molar-refractivity contribution in [2.75, 3.05) is 33.0 Å². The molecule has 20 heteroatoms. The molecule has 2 aliphatic rings. The molecule has 4 amide bonds. The number of carbonyl (C=O) groups is 4. The molecule has 0 saturated carbocycles. The molecule has 418 valence electrons. The van der Waals surface area contributed by atoms with E-state index < -0.39 is 78.0 Å². The first-order valence-electron chi connectivity index (χ1n) is 26.6. The molecular weight excluding hydrogens is 1040 g/mol. The number of alkyl halides is 1. The Kier molecular flexibility index (Phi) is 17.9. The molecule has 4 N–H and O–H groups in total. The molecule has 0 radical (unpaired) electrons. The Bertz CT molecular complexity index is 3030. The smallest absolute Gasteiger partial charge is 0.243 e. The van der Waals surface area contributed by atoms with E-state index in [4.69, 9.17) is 13.8 Å². The fourth-order valence-corrected chi connectivity index (χ4v) is 12.0. The number of hydrogen-bond donors (Lipinski definition) is 4. The zero-order chi connectivity index (χ0) is 56.4. The number of likely N-dealkylation sites (tertiary alicyclic amines) is 2. The lowest BCUT2D eigenvalue weighted by Crippen LogP contribution is -2.49. The molecule has 2 aliphatic heterocycles. The van der Waals surface area contributed by atoms with Crippen LogP contribution in [-0.4, -0.2) is 121 Å². The van der Waals surface area contributed by atoms with Crippen LogP contribution in [0, 0.1) is 25.7 Å². The number of aliphatic hydroxyl groups is 2. The minimum absolute atomic E-state index is 0.0116. The van der Waals surface area contributed by atoms with Crippen LogP contribution in [0.2, 0.25) is 0 Å². The molecule has 8 atom stereocenters. The zero-order valence-electron chi connectivity index (χ0n) is 46.3. The van der Waals surface area contributed by atoms with Gasteiger partial charge in [0, 0.05) is 48.9 Å². The minimum atomic E-state index is -1.02. The van der Waals surface area contributed by atoms with Gasteiger partial charge in [-0.2, -0.15) is 0 Å². The standard InChI is InChI=1S/C58H73FN8O9S2/c1-31(2)49(45-22-47(64-75-45)57(7,8)9)56(73)67-26-40(21-44(67)54(71)62-41(24-59)35-12-16-37(17-13-35)51-33(5)60-29-77-51)74-28-58(10,11)48-23-46(76-65-48)50(32(3)4)55(72)66-25-39(69)20-43(66)53(70)63-42(27-68)36-14-18-38(19-15-36)52-34(6)61-30-78-52/h12-19,22-23,29-32,39-44,49-50,68-69H,20-21,24-28H2,1-11H3,(H,62,71)(H,63,70). The summed E-state index contributed by atoms with van der Waals surface area (Å²) >= 11 is 3.04. The second-order valence-electron chi connectivity index (χ2n) is 23.1. The summed E-state index contributed by atoms with van der Waals surface area (Å²) in [7, 11) is 0. The summed E-state index contributed by atoms with van der Waals surface area (Å²) in [5.41, 5.74) is 8.51. The summed E-state index contributed by atoms with van der Waals surface area (Å²) in [6.07, 6.45) is -1.45. The van der Waals surface area contributed by atoms with Crippen molar-refractivity contribution >= 4 is 46.3 Å². The number of carbonyl (C=O) groups excluding carboxylic acids is 4. The van der Waals surface area contributed by atoms with Gasteiger partial charge in [-0.3, -0.25) is 19.2 Å². The number of β-amino-alcohol motifs (C(OH)–C–C–N with tert-alkyl or cyclic N) is 1. The molecule has 78 heavy (non-hydrogen) atoms. The number of halogens is 1. The predicted octanol–water partition coefficient (Wildman–Crippen LogP) is 8.91. The maximum Gasteiger partial charge on any atom is 0.243 e. The van der Waals surface area contributed by atoms with E-state index in [-0.39, 0.29) is 68.1 Å². The summed E-state index contributed by atoms with van der Waals surface area (Å²) in [4.78, 5) is 71.6. The highest BCUT2D eigenvalue weighted by Crippen LogP contribution is 2.38. The first-order valence-corrected chi connectivity index (χ1v) is 28.4. The molecule has 6 aromatic rings. The molecule has 4 aromatic heterocycles. The van der Waals surface area contributed by atoms with Crippen LogP contribution in [0.5, 0.6) is 0 Å². The lowest BCUT2D eigenvalue weighted by atomic mass is 9.87. The molecule has 17 nitrogen and oxygen atoms in total. The molecule has 8 rings (SSSR count). The van der Waals surface area contributed by atoms with Crippen LogP contribution in [0.4, 0.5) is 4.39 Å². The lowest BCUT2D eigenvalue weighted by Gasteiger charge is -2.30. The van der Waals surface area contributed by atoms with Gasteiger partial charge in [-0.15, -0.1) is 22.7 Å². The third-order valence-electron chi connectivity index (χ3n) is 15.0. The van der Waals surface area contributed by atoms with Crippen LogP contribution in [-0.2, 0) is 34.7 Å². The normalized spacial score (nSPS) is 19.6. The topological polar surface area (TPSA) is 226 Å². The van der Waals surface area contributed by atoms with E-state index in [1.165, 1.54) is 32.5 Å². The molecule has 8 unspecified atom stereocenters. The number of nitrogens with zero attached hydrogens (tertiary/aromatic N) is 6. The van der Waals surface area contributed by atoms with Gasteiger partial charge in [-0.1, -0.05) is 121 Å². The predicted molar refractivity (Wildman–Crippen MR) is 295 cm³/mol. The molecule has 0 bridgehead atoms. The van der Waals surface area contributed by atoms with E-state index in [1.54, 1.807) is 35.3 Å². The van der Waals surface area contributed by atoms with E-state index in [1.807, 2.05) is 113 Å². The number of amides is 4. The zero-order valence-corrected chi connectivity index (χ0v) is 47.9. The average Bonchev–Trinajstić information content (AvgIpc) is 4.35. The van der Waals surface area contributed by atoms with E-state index in [9.17, 15) is 33.8 Å². The summed E-state index contributed by atoms with van der Waals surface area (Å²) in [5.74, 6) is -3.34. The Morgan fingerprint density at radius 3 is 1.63 bits per heavy atom. The van der Waals surface area contributed by atoms with E-state index in [0.717, 1.165) is 32.3 Å². The number of rotatable bonds is 20. The highest BCUT2D eigenvalue weighted by atomic mass is 32.1. The number of ether oxygens (including phenoxy) is 1. The van der Waals surface area contributed by atoms with Gasteiger partial charge in [-0.05, 0) is 47.9 Å². The maximum atomic E-state index is 15.0. The second-order valence-corrected chi connectivity index (χ2v) is 24.8. The van der Waals surface area contributed by atoms with E-state index in [2.05, 4.69) is 30.9 Å². The van der Waals surface area contributed by atoms with Crippen LogP contribution in [0.15, 0.2) is 80.7 Å². The number of hydrogen-bond acceptors (Lipinski definition) is 15. The van der Waals surface area contributed by atoms with Crippen molar-refractivity contribution in [3.05, 3.63) is 117 Å². The fourth-order valence-electron chi connectivity index (χ4n) is 10.4. The van der Waals surface area contributed by atoms with Crippen molar-refractivity contribution in [2.45, 2.75) is 148 Å². The Hall–Kier alpha value is -6.19. The van der Waals surface area contributed by atoms with Crippen molar-refractivity contribution in [2.24, 2.45) is 11.8 Å². The second kappa shape index (κ2) is 24.0. The van der Waals surface area contributed by atoms with E-state index in [0.29, 0.717) is 28.3 Å². The van der Waals surface area contributed by atoms with E-state index >= 15 is 0 Å². The Labute approximate surface area is 463 Å². The van der Waals surface area contributed by atoms with Crippen molar-refractivity contribution in [3.63, 3.8) is 0 Å². The fraction of sp³-hybridized carbons (Fsp3) is 0.517. The molecule has 2 saturated heterocycles. The van der Waals surface area contributed by atoms with Gasteiger partial charge in [0.15, 0.2) is 0 Å². The van der Waals surface area contributed by atoms with Crippen molar-refractivity contribution in [3.8, 4) is 20.9 Å². The number of thiazole rings is 2. The molecule has 0 spiro atoms. The van der Waals surface area contributed by atoms with Gasteiger partial charge in [0.1, 0.15) is 42.1 Å². The number of aromatic nitrogens is 4. The largest absolute Gasteiger partial charge is 0.394 e. The van der Waals surface area contributed by atoms with Gasteiger partial charge < -0.3 is 44.4 Å². The summed E-state index contributed by atoms with van der Waals surface area (Å²) in [5, 5.41) is 35.9. The van der Waals surface area contributed by atoms with Crippen LogP contribution < -0.4 is 10.6 Å². The maximum absolute atomic E-state index is 15.0. The quantitative estimate of drug-likeness (QED) is 0.0561. The SMILES string of the molecule is Cc1ncsc1-c1ccc(C(CF)NC(=O)C2CC(OCC(C)(C)c3cc(C(C(=O)N4CC(O)CC4C(=O)NC(CO)c4ccc(-c5scnc5C)cc4)C(C)C)on3)CN2C(=O)C(c2cc(C(C)(C)C)no2)C(C)C)cc1. The van der Waals surface area contributed by atoms with Gasteiger partial charge >= 0.3 is 0 Å². The molecule has 0 aliphatic carbocycles. The monoisotopic (exact) mass is 1110 g/mol. The van der Waals surface area contributed by atoms with Crippen LogP contribution >= 0.6 is 22.7 Å². The summed E-state index contributed by atoms with van der Waals surface area (Å²) < 4.78 is 33.3. The highest BCUT2D eigenvalue weighted by Gasteiger charge is 2.47. The van der Waals surface area contributed by atoms with Crippen LogP contribution in [0.1, 0.15) is 144 Å². The number of benzene rings is 2. The molecular formula is C58H73FN8O9S2. The van der Waals surface area contributed by atoms with Crippen molar-refractivity contribution < 1.29 is 47.6 Å². The van der Waals surface area contributed by atoms with Crippen LogP contribution in [0.25, 0.3) is 20.9 Å². The molecule has 6 heterocycles. The third kappa shape index (κ3) is 12.6. The summed E-state index contributed by atoms with van der Waals surface area (Å²) in [6, 6.07) is 14.6. The first-order chi connectivity index (χ1) is 37.0. The molecule has 2 fully saturated rings. The lowest BCUT2D eigenvalue weighted by molar-refractivity contribution is -0.141. The molecule has 2 aromatic carbocycles.